The van der Waals surface area contributed by atoms with Gasteiger partial charge in [0.1, 0.15) is 5.75 Å². The summed E-state index contributed by atoms with van der Waals surface area (Å²) >= 11 is 6.38. The Bertz CT molecular complexity index is 1440. The molecule has 0 fully saturated rings. The number of para-hydroxylation sites is 1. The third-order valence-corrected chi connectivity index (χ3v) is 6.25. The van der Waals surface area contributed by atoms with Crippen molar-refractivity contribution >= 4 is 23.3 Å². The zero-order chi connectivity index (χ0) is 25.7. The van der Waals surface area contributed by atoms with E-state index in [0.29, 0.717) is 35.1 Å². The first-order valence-electron chi connectivity index (χ1n) is 11.4. The second-order valence-corrected chi connectivity index (χ2v) is 8.73. The standard InChI is InChI=1S/C28H26ClN3O4/c1-18(28(34)35)26-25(27(33)32(31-26)24-11-7-6-10-22(24)29)23(30-17-20-8-4-3-5-9-20)16-19-12-14-21(36-2)15-13-19/h3-15,18,31H,16-17H2,1-2H3,(H,34,35). The smallest absolute Gasteiger partial charge is 0.312 e. The number of hydrogen-bond acceptors (Lipinski definition) is 4. The number of ether oxygens (including phenoxy) is 1. The number of rotatable bonds is 9. The van der Waals surface area contributed by atoms with Gasteiger partial charge < -0.3 is 9.84 Å². The number of aliphatic imine (C=N–C) groups is 1. The molecule has 0 saturated heterocycles. The second-order valence-electron chi connectivity index (χ2n) is 8.33. The van der Waals surface area contributed by atoms with Crippen molar-refractivity contribution in [1.82, 2.24) is 9.78 Å². The summed E-state index contributed by atoms with van der Waals surface area (Å²) < 4.78 is 6.55. The number of aliphatic carboxylic acids is 1. The Morgan fingerprint density at radius 2 is 1.69 bits per heavy atom. The zero-order valence-electron chi connectivity index (χ0n) is 19.9. The lowest BCUT2D eigenvalue weighted by atomic mass is 9.96. The number of methoxy groups -OCH3 is 1. The summed E-state index contributed by atoms with van der Waals surface area (Å²) in [4.78, 5) is 30.6. The average molecular weight is 504 g/mol. The first kappa shape index (κ1) is 25.0. The monoisotopic (exact) mass is 503 g/mol. The third-order valence-electron chi connectivity index (χ3n) is 5.93. The topological polar surface area (TPSA) is 96.7 Å². The highest BCUT2D eigenvalue weighted by molar-refractivity contribution is 6.32. The van der Waals surface area contributed by atoms with E-state index in [4.69, 9.17) is 21.3 Å². The maximum atomic E-state index is 13.8. The minimum absolute atomic E-state index is 0.233. The molecule has 0 bridgehead atoms. The van der Waals surface area contributed by atoms with Crippen LogP contribution in [-0.4, -0.2) is 33.7 Å². The van der Waals surface area contributed by atoms with E-state index in [1.165, 1.54) is 11.6 Å². The summed E-state index contributed by atoms with van der Waals surface area (Å²) in [7, 11) is 1.60. The van der Waals surface area contributed by atoms with Gasteiger partial charge in [-0.3, -0.25) is 19.7 Å². The van der Waals surface area contributed by atoms with E-state index in [2.05, 4.69) is 5.10 Å². The van der Waals surface area contributed by atoms with Crippen LogP contribution < -0.4 is 10.3 Å². The van der Waals surface area contributed by atoms with E-state index in [1.807, 2.05) is 54.6 Å². The Labute approximate surface area is 213 Å². The number of carboxylic acids is 1. The van der Waals surface area contributed by atoms with Gasteiger partial charge in [-0.15, -0.1) is 0 Å². The van der Waals surface area contributed by atoms with Gasteiger partial charge in [0.05, 0.1) is 47.3 Å². The molecule has 4 aromatic rings. The Balaban J connectivity index is 1.89. The summed E-state index contributed by atoms with van der Waals surface area (Å²) in [6.45, 7) is 1.88. The lowest BCUT2D eigenvalue weighted by Crippen LogP contribution is -2.23. The molecule has 0 aliphatic rings. The molecule has 0 aliphatic carbocycles. The molecule has 0 spiro atoms. The second kappa shape index (κ2) is 11.1. The van der Waals surface area contributed by atoms with Gasteiger partial charge in [0, 0.05) is 6.42 Å². The van der Waals surface area contributed by atoms with Crippen molar-refractivity contribution in [2.24, 2.45) is 4.99 Å². The number of carboxylic acid groups (broad SMARTS) is 1. The molecule has 4 rings (SSSR count). The van der Waals surface area contributed by atoms with Gasteiger partial charge in [0.2, 0.25) is 0 Å². The number of hydrogen-bond donors (Lipinski definition) is 2. The van der Waals surface area contributed by atoms with Crippen molar-refractivity contribution in [1.29, 1.82) is 0 Å². The van der Waals surface area contributed by atoms with Crippen LogP contribution in [0.3, 0.4) is 0 Å². The molecule has 1 atom stereocenters. The van der Waals surface area contributed by atoms with Crippen LogP contribution in [-0.2, 0) is 17.8 Å². The number of aromatic amines is 1. The van der Waals surface area contributed by atoms with Gasteiger partial charge in [0.15, 0.2) is 0 Å². The first-order valence-corrected chi connectivity index (χ1v) is 11.8. The summed E-state index contributed by atoms with van der Waals surface area (Å²) in [5.41, 5.74) is 2.89. The van der Waals surface area contributed by atoms with E-state index < -0.39 is 17.4 Å². The Kier molecular flexibility index (Phi) is 7.71. The minimum Gasteiger partial charge on any atom is -0.497 e. The molecule has 0 aliphatic heterocycles. The molecule has 0 saturated carbocycles. The highest BCUT2D eigenvalue weighted by atomic mass is 35.5. The van der Waals surface area contributed by atoms with Gasteiger partial charge in [-0.1, -0.05) is 66.2 Å². The highest BCUT2D eigenvalue weighted by Crippen LogP contribution is 2.24. The van der Waals surface area contributed by atoms with E-state index in [9.17, 15) is 14.7 Å². The number of carbonyl (C=O) groups is 1. The molecule has 0 amide bonds. The van der Waals surface area contributed by atoms with Gasteiger partial charge in [-0.25, -0.2) is 4.68 Å². The minimum atomic E-state index is -1.06. The number of H-pyrrole nitrogens is 1. The molecule has 1 aromatic heterocycles. The number of nitrogens with one attached hydrogen (secondary N) is 1. The van der Waals surface area contributed by atoms with Crippen LogP contribution in [0.5, 0.6) is 5.75 Å². The normalized spacial score (nSPS) is 12.4. The highest BCUT2D eigenvalue weighted by Gasteiger charge is 2.28. The number of benzene rings is 3. The summed E-state index contributed by atoms with van der Waals surface area (Å²) in [5.74, 6) is -1.32. The summed E-state index contributed by atoms with van der Waals surface area (Å²) in [6.07, 6.45) is 0.325. The zero-order valence-corrected chi connectivity index (χ0v) is 20.7. The van der Waals surface area contributed by atoms with Crippen LogP contribution in [0.1, 0.15) is 35.2 Å². The lowest BCUT2D eigenvalue weighted by molar-refractivity contribution is -0.138. The lowest BCUT2D eigenvalue weighted by Gasteiger charge is -2.11. The van der Waals surface area contributed by atoms with Crippen LogP contribution in [0, 0.1) is 0 Å². The van der Waals surface area contributed by atoms with Crippen molar-refractivity contribution in [3.8, 4) is 11.4 Å². The SMILES string of the molecule is COc1ccc(CC(=NCc2ccccc2)c2c(C(C)C(=O)O)[nH]n(-c3ccccc3Cl)c2=O)cc1. The van der Waals surface area contributed by atoms with Crippen molar-refractivity contribution < 1.29 is 14.6 Å². The molecule has 184 valence electrons. The fourth-order valence-corrected chi connectivity index (χ4v) is 4.12. The van der Waals surface area contributed by atoms with E-state index in [1.54, 1.807) is 31.4 Å². The van der Waals surface area contributed by atoms with Crippen molar-refractivity contribution in [3.63, 3.8) is 0 Å². The predicted molar refractivity (Wildman–Crippen MR) is 141 cm³/mol. The molecular formula is C28H26ClN3O4. The largest absolute Gasteiger partial charge is 0.497 e. The van der Waals surface area contributed by atoms with E-state index in [-0.39, 0.29) is 11.3 Å². The Morgan fingerprint density at radius 3 is 2.33 bits per heavy atom. The van der Waals surface area contributed by atoms with Gasteiger partial charge >= 0.3 is 5.97 Å². The predicted octanol–water partition coefficient (Wildman–Crippen LogP) is 5.25. The molecule has 0 radical (unpaired) electrons. The van der Waals surface area contributed by atoms with Crippen LogP contribution in [0.15, 0.2) is 88.6 Å². The number of nitrogens with zero attached hydrogens (tertiary/aromatic N) is 2. The molecule has 36 heavy (non-hydrogen) atoms. The van der Waals surface area contributed by atoms with Crippen LogP contribution in [0.4, 0.5) is 0 Å². The third kappa shape index (κ3) is 5.42. The molecule has 1 unspecified atom stereocenters. The van der Waals surface area contributed by atoms with Gasteiger partial charge in [-0.05, 0) is 42.3 Å². The fourth-order valence-electron chi connectivity index (χ4n) is 3.90. The van der Waals surface area contributed by atoms with Gasteiger partial charge in [0.25, 0.3) is 5.56 Å². The molecule has 3 aromatic carbocycles. The average Bonchev–Trinajstić information content (AvgIpc) is 3.23. The van der Waals surface area contributed by atoms with Crippen molar-refractivity contribution in [2.75, 3.05) is 7.11 Å². The van der Waals surface area contributed by atoms with Crippen LogP contribution >= 0.6 is 11.6 Å². The molecular weight excluding hydrogens is 478 g/mol. The molecule has 1 heterocycles. The quantitative estimate of drug-likeness (QED) is 0.305. The fraction of sp³-hybridized carbons (Fsp3) is 0.179. The van der Waals surface area contributed by atoms with Crippen LogP contribution in [0.25, 0.3) is 5.69 Å². The maximum Gasteiger partial charge on any atom is 0.312 e. The maximum absolute atomic E-state index is 13.8. The van der Waals surface area contributed by atoms with Crippen molar-refractivity contribution in [2.45, 2.75) is 25.8 Å². The van der Waals surface area contributed by atoms with E-state index >= 15 is 0 Å². The summed E-state index contributed by atoms with van der Waals surface area (Å²) in [6, 6.07) is 24.0. The first-order chi connectivity index (χ1) is 17.4. The number of halogens is 1. The van der Waals surface area contributed by atoms with Crippen LogP contribution in [0.2, 0.25) is 5.02 Å². The summed E-state index contributed by atoms with van der Waals surface area (Å²) in [5, 5.41) is 13.2. The van der Waals surface area contributed by atoms with Gasteiger partial charge in [-0.2, -0.15) is 0 Å². The molecule has 2 N–H and O–H groups in total. The van der Waals surface area contributed by atoms with Crippen molar-refractivity contribution in [3.05, 3.63) is 117 Å². The Hall–Kier alpha value is -4.10. The molecule has 7 nitrogen and oxygen atoms in total. The number of aromatic nitrogens is 2. The Morgan fingerprint density at radius 1 is 1.03 bits per heavy atom. The molecule has 8 heteroatoms. The van der Waals surface area contributed by atoms with E-state index in [0.717, 1.165) is 11.1 Å².